The van der Waals surface area contributed by atoms with Gasteiger partial charge in [-0.15, -0.1) is 13.2 Å². The van der Waals surface area contributed by atoms with E-state index in [1.807, 2.05) is 13.0 Å². The van der Waals surface area contributed by atoms with Crippen molar-refractivity contribution in [2.45, 2.75) is 76.3 Å². The van der Waals surface area contributed by atoms with Crippen LogP contribution in [0.25, 0.3) is 0 Å². The van der Waals surface area contributed by atoms with Gasteiger partial charge < -0.3 is 14.6 Å². The smallest absolute Gasteiger partial charge is 0.484 e. The van der Waals surface area contributed by atoms with Crippen LogP contribution in [0.3, 0.4) is 0 Å². The molecule has 2 aromatic carbocycles. The number of ether oxygens (including phenoxy) is 2. The maximum atomic E-state index is 16.0. The van der Waals surface area contributed by atoms with Gasteiger partial charge in [-0.05, 0) is 80.7 Å². The quantitative estimate of drug-likeness (QED) is 0.350. The number of fused-ring (bicyclic) bond motifs is 1. The number of nitrogens with zero attached hydrogens (tertiary/aromatic N) is 1. The molecule has 1 spiro atoms. The molecule has 2 aliphatic heterocycles. The number of halogens is 5. The number of aryl methyl sites for hydroxylation is 1. The largest absolute Gasteiger partial charge is 0.573 e. The topological polar surface area (TPSA) is 59.0 Å². The summed E-state index contributed by atoms with van der Waals surface area (Å²) in [6, 6.07) is 7.29. The Bertz CT molecular complexity index is 1240. The van der Waals surface area contributed by atoms with Crippen LogP contribution in [0.1, 0.15) is 74.6 Å². The van der Waals surface area contributed by atoms with Crippen LogP contribution in [0.4, 0.5) is 17.6 Å². The van der Waals surface area contributed by atoms with E-state index in [4.69, 9.17) is 16.3 Å². The van der Waals surface area contributed by atoms with Crippen LogP contribution in [-0.2, 0) is 11.2 Å². The maximum Gasteiger partial charge on any atom is 0.573 e. The average molecular weight is 570 g/mol. The lowest BCUT2D eigenvalue weighted by Gasteiger charge is -2.46. The van der Waals surface area contributed by atoms with Crippen LogP contribution in [-0.4, -0.2) is 41.0 Å². The van der Waals surface area contributed by atoms with Crippen LogP contribution in [0.15, 0.2) is 30.3 Å². The Balaban J connectivity index is 1.33. The molecular weight excluding hydrogens is 538 g/mol. The van der Waals surface area contributed by atoms with Crippen molar-refractivity contribution >= 4 is 17.6 Å². The highest BCUT2D eigenvalue weighted by molar-refractivity contribution is 6.30. The molecule has 1 aliphatic carbocycles. The van der Waals surface area contributed by atoms with Gasteiger partial charge in [-0.25, -0.2) is 4.39 Å². The van der Waals surface area contributed by atoms with Gasteiger partial charge in [0, 0.05) is 35.6 Å². The van der Waals surface area contributed by atoms with Crippen molar-refractivity contribution in [3.63, 3.8) is 0 Å². The minimum atomic E-state index is -4.82. The summed E-state index contributed by atoms with van der Waals surface area (Å²) in [6.07, 6.45) is -0.538. The molecule has 212 valence electrons. The van der Waals surface area contributed by atoms with Crippen molar-refractivity contribution in [3.8, 4) is 11.5 Å². The zero-order valence-corrected chi connectivity index (χ0v) is 22.6. The molecular formula is C29H32ClF4NO4. The third kappa shape index (κ3) is 5.85. The number of likely N-dealkylation sites (tertiary alicyclic amines) is 1. The molecule has 0 amide bonds. The number of piperidine rings is 1. The molecule has 5 nitrogen and oxygen atoms in total. The van der Waals surface area contributed by atoms with Gasteiger partial charge in [0.25, 0.3) is 0 Å². The second-order valence-corrected chi connectivity index (χ2v) is 11.6. The Kier molecular flexibility index (Phi) is 7.52. The molecule has 0 bridgehead atoms. The lowest BCUT2D eigenvalue weighted by molar-refractivity contribution is -0.275. The Labute approximate surface area is 230 Å². The van der Waals surface area contributed by atoms with Crippen LogP contribution < -0.4 is 9.47 Å². The number of carbonyl (C=O) groups is 1. The van der Waals surface area contributed by atoms with Crippen molar-refractivity contribution in [2.24, 2.45) is 11.8 Å². The van der Waals surface area contributed by atoms with Gasteiger partial charge in [-0.3, -0.25) is 9.69 Å². The fraction of sp³-hybridized carbons (Fsp3) is 0.552. The number of carboxylic acids is 1. The molecule has 1 unspecified atom stereocenters. The zero-order valence-electron chi connectivity index (χ0n) is 21.9. The Hall–Kier alpha value is -2.52. The molecule has 2 fully saturated rings. The van der Waals surface area contributed by atoms with E-state index in [0.29, 0.717) is 54.9 Å². The molecule has 3 aliphatic rings. The lowest BCUT2D eigenvalue weighted by atomic mass is 9.79. The van der Waals surface area contributed by atoms with E-state index in [2.05, 4.69) is 9.64 Å². The predicted molar refractivity (Wildman–Crippen MR) is 138 cm³/mol. The second kappa shape index (κ2) is 10.5. The number of hydrogen-bond acceptors (Lipinski definition) is 4. The van der Waals surface area contributed by atoms with Gasteiger partial charge in [0.1, 0.15) is 11.4 Å². The van der Waals surface area contributed by atoms with Crippen LogP contribution in [0.5, 0.6) is 11.5 Å². The standard InChI is InChI=1S/C29H32ClF4NO4/c1-16(27(36)37)24(18-3-4-18)21-7-5-19-9-10-28(39-26(19)25(21)31)11-13-35(14-12-28)17(2)22-15-20(30)6-8-23(22)38-29(32,33)34/h5-8,15-18,24H,3-4,9-14H2,1-2H3,(H,36,37)/t16-,17?,24-/m0/s1. The first kappa shape index (κ1) is 28.0. The van der Waals surface area contributed by atoms with Crippen molar-refractivity contribution in [1.29, 1.82) is 0 Å². The first-order valence-electron chi connectivity index (χ1n) is 13.4. The average Bonchev–Trinajstić information content (AvgIpc) is 3.71. The fourth-order valence-corrected chi connectivity index (χ4v) is 6.46. The highest BCUT2D eigenvalue weighted by Gasteiger charge is 2.45. The summed E-state index contributed by atoms with van der Waals surface area (Å²) in [5.74, 6) is -2.40. The summed E-state index contributed by atoms with van der Waals surface area (Å²) in [5.41, 5.74) is 0.950. The summed E-state index contributed by atoms with van der Waals surface area (Å²) in [5, 5.41) is 9.95. The number of benzene rings is 2. The van der Waals surface area contributed by atoms with Crippen molar-refractivity contribution in [2.75, 3.05) is 13.1 Å². The predicted octanol–water partition coefficient (Wildman–Crippen LogP) is 7.51. The molecule has 2 aromatic rings. The van der Waals surface area contributed by atoms with Gasteiger partial charge in [0.05, 0.1) is 5.92 Å². The highest BCUT2D eigenvalue weighted by atomic mass is 35.5. The van der Waals surface area contributed by atoms with E-state index in [1.54, 1.807) is 13.0 Å². The normalized spacial score (nSPS) is 21.5. The molecule has 2 heterocycles. The third-order valence-corrected chi connectivity index (χ3v) is 8.93. The van der Waals surface area contributed by atoms with Crippen LogP contribution in [0.2, 0.25) is 5.02 Å². The first-order chi connectivity index (χ1) is 18.4. The minimum absolute atomic E-state index is 0.156. The third-order valence-electron chi connectivity index (χ3n) is 8.70. The van der Waals surface area contributed by atoms with Crippen molar-refractivity contribution in [3.05, 3.63) is 57.9 Å². The maximum absolute atomic E-state index is 16.0. The number of rotatable bonds is 7. The number of hydrogen-bond donors (Lipinski definition) is 1. The first-order valence-corrected chi connectivity index (χ1v) is 13.8. The lowest BCUT2D eigenvalue weighted by Crippen LogP contribution is -2.50. The van der Waals surface area contributed by atoms with E-state index in [9.17, 15) is 23.1 Å². The van der Waals surface area contributed by atoms with E-state index < -0.39 is 41.6 Å². The van der Waals surface area contributed by atoms with Gasteiger partial charge in [0.15, 0.2) is 11.6 Å². The number of alkyl halides is 3. The van der Waals surface area contributed by atoms with Gasteiger partial charge in [-0.1, -0.05) is 30.7 Å². The summed E-state index contributed by atoms with van der Waals surface area (Å²) in [4.78, 5) is 13.8. The van der Waals surface area contributed by atoms with E-state index in [-0.39, 0.29) is 17.4 Å². The summed E-state index contributed by atoms with van der Waals surface area (Å²) in [7, 11) is 0. The fourth-order valence-electron chi connectivity index (χ4n) is 6.28. The molecule has 3 atom stereocenters. The number of carboxylic acid groups (broad SMARTS) is 1. The summed E-state index contributed by atoms with van der Waals surface area (Å²) in [6.45, 7) is 4.53. The monoisotopic (exact) mass is 569 g/mol. The summed E-state index contributed by atoms with van der Waals surface area (Å²) < 4.78 is 65.6. The molecule has 0 radical (unpaired) electrons. The SMILES string of the molecule is CC(c1cc(Cl)ccc1OC(F)(F)F)N1CCC2(CCc3ccc([C@H](C4CC4)[C@H](C)C(=O)O)c(F)c3O2)CC1. The molecule has 10 heteroatoms. The second-order valence-electron chi connectivity index (χ2n) is 11.2. The molecule has 1 saturated carbocycles. The minimum Gasteiger partial charge on any atom is -0.484 e. The zero-order chi connectivity index (χ0) is 28.1. The van der Waals surface area contributed by atoms with Gasteiger partial charge in [0.2, 0.25) is 0 Å². The molecule has 5 rings (SSSR count). The molecule has 1 saturated heterocycles. The van der Waals surface area contributed by atoms with Crippen LogP contribution >= 0.6 is 11.6 Å². The van der Waals surface area contributed by atoms with Crippen LogP contribution in [0, 0.1) is 17.7 Å². The highest BCUT2D eigenvalue weighted by Crippen LogP contribution is 2.50. The Morgan fingerprint density at radius 1 is 1.13 bits per heavy atom. The van der Waals surface area contributed by atoms with Crippen molar-refractivity contribution < 1.29 is 36.9 Å². The Morgan fingerprint density at radius 2 is 1.82 bits per heavy atom. The van der Waals surface area contributed by atoms with E-state index in [1.165, 1.54) is 18.2 Å². The molecule has 39 heavy (non-hydrogen) atoms. The summed E-state index contributed by atoms with van der Waals surface area (Å²) >= 11 is 6.10. The Morgan fingerprint density at radius 3 is 2.44 bits per heavy atom. The molecule has 1 N–H and O–H groups in total. The van der Waals surface area contributed by atoms with Gasteiger partial charge >= 0.3 is 12.3 Å². The number of aliphatic carboxylic acids is 1. The van der Waals surface area contributed by atoms with Crippen molar-refractivity contribution in [1.82, 2.24) is 4.90 Å². The van der Waals surface area contributed by atoms with E-state index >= 15 is 4.39 Å². The molecule has 0 aromatic heterocycles. The van der Waals surface area contributed by atoms with E-state index in [0.717, 1.165) is 18.4 Å². The van der Waals surface area contributed by atoms with Gasteiger partial charge in [-0.2, -0.15) is 0 Å².